The largest absolute Gasteiger partial charge is 0.332 e. The highest BCUT2D eigenvalue weighted by Gasteiger charge is 2.39. The summed E-state index contributed by atoms with van der Waals surface area (Å²) in [6.45, 7) is 0.507. The number of carbonyl (C=O) groups excluding carboxylic acids is 1. The SMILES string of the molecule is O=C(NCc1cscn1)N1C2C=C(c3ccccc3)CC1CC2. The highest BCUT2D eigenvalue weighted by Crippen LogP contribution is 2.38. The number of amides is 2. The molecule has 0 radical (unpaired) electrons. The van der Waals surface area contributed by atoms with Gasteiger partial charge in [-0.25, -0.2) is 9.78 Å². The van der Waals surface area contributed by atoms with E-state index in [0.29, 0.717) is 12.6 Å². The number of urea groups is 1. The Hall–Kier alpha value is -2.14. The molecule has 0 aliphatic carbocycles. The van der Waals surface area contributed by atoms with E-state index in [1.807, 2.05) is 16.3 Å². The molecular weight excluding hydrogens is 306 g/mol. The van der Waals surface area contributed by atoms with Crippen molar-refractivity contribution in [3.8, 4) is 0 Å². The van der Waals surface area contributed by atoms with Crippen LogP contribution >= 0.6 is 11.3 Å². The van der Waals surface area contributed by atoms with E-state index in [9.17, 15) is 4.79 Å². The quantitative estimate of drug-likeness (QED) is 0.936. The average Bonchev–Trinajstić information content (AvgIpc) is 3.19. The van der Waals surface area contributed by atoms with Crippen LogP contribution in [0.15, 0.2) is 47.3 Å². The first kappa shape index (κ1) is 14.5. The van der Waals surface area contributed by atoms with Crippen LogP contribution in [0.4, 0.5) is 4.79 Å². The summed E-state index contributed by atoms with van der Waals surface area (Å²) in [5.41, 5.74) is 5.38. The molecule has 0 spiro atoms. The van der Waals surface area contributed by atoms with Gasteiger partial charge < -0.3 is 10.2 Å². The van der Waals surface area contributed by atoms with Gasteiger partial charge in [0, 0.05) is 11.4 Å². The van der Waals surface area contributed by atoms with Gasteiger partial charge in [-0.2, -0.15) is 0 Å². The Morgan fingerprint density at radius 3 is 2.91 bits per heavy atom. The molecule has 2 unspecified atom stereocenters. The maximum atomic E-state index is 12.6. The number of carbonyl (C=O) groups is 1. The Balaban J connectivity index is 1.47. The third-order valence-corrected chi connectivity index (χ3v) is 5.31. The van der Waals surface area contributed by atoms with Crippen molar-refractivity contribution < 1.29 is 4.79 Å². The van der Waals surface area contributed by atoms with E-state index in [1.54, 1.807) is 16.8 Å². The Morgan fingerprint density at radius 2 is 2.17 bits per heavy atom. The summed E-state index contributed by atoms with van der Waals surface area (Å²) >= 11 is 1.55. The lowest BCUT2D eigenvalue weighted by molar-refractivity contribution is 0.179. The van der Waals surface area contributed by atoms with Crippen molar-refractivity contribution in [3.05, 3.63) is 58.6 Å². The van der Waals surface area contributed by atoms with E-state index in [2.05, 4.69) is 40.6 Å². The Bertz CT molecular complexity index is 711. The zero-order valence-electron chi connectivity index (χ0n) is 12.8. The Kier molecular flexibility index (Phi) is 3.87. The molecule has 2 aliphatic rings. The van der Waals surface area contributed by atoms with E-state index in [1.165, 1.54) is 11.1 Å². The zero-order chi connectivity index (χ0) is 15.6. The van der Waals surface area contributed by atoms with Gasteiger partial charge in [0.2, 0.25) is 0 Å². The monoisotopic (exact) mass is 325 g/mol. The van der Waals surface area contributed by atoms with Crippen LogP contribution in [0.3, 0.4) is 0 Å². The van der Waals surface area contributed by atoms with Gasteiger partial charge >= 0.3 is 6.03 Å². The summed E-state index contributed by atoms with van der Waals surface area (Å²) in [5.74, 6) is 0. The number of hydrogen-bond donors (Lipinski definition) is 1. The summed E-state index contributed by atoms with van der Waals surface area (Å²) in [6, 6.07) is 11.1. The van der Waals surface area contributed by atoms with Gasteiger partial charge in [0.15, 0.2) is 0 Å². The van der Waals surface area contributed by atoms with Gasteiger partial charge in [-0.15, -0.1) is 11.3 Å². The van der Waals surface area contributed by atoms with Gasteiger partial charge in [0.1, 0.15) is 0 Å². The molecule has 2 aliphatic heterocycles. The minimum atomic E-state index is 0.0360. The second-order valence-corrected chi connectivity index (χ2v) is 6.83. The molecule has 118 valence electrons. The van der Waals surface area contributed by atoms with Crippen LogP contribution in [-0.4, -0.2) is 28.0 Å². The Labute approximate surface area is 139 Å². The van der Waals surface area contributed by atoms with E-state index in [0.717, 1.165) is 25.0 Å². The fourth-order valence-electron chi connectivity index (χ4n) is 3.60. The van der Waals surface area contributed by atoms with Gasteiger partial charge in [-0.05, 0) is 30.4 Å². The third-order valence-electron chi connectivity index (χ3n) is 4.68. The van der Waals surface area contributed by atoms with Crippen LogP contribution in [-0.2, 0) is 6.54 Å². The van der Waals surface area contributed by atoms with Crippen molar-refractivity contribution in [2.75, 3.05) is 0 Å². The molecule has 0 saturated carbocycles. The van der Waals surface area contributed by atoms with Crippen molar-refractivity contribution in [2.45, 2.75) is 37.9 Å². The first-order chi connectivity index (χ1) is 11.3. The molecular formula is C18H19N3OS. The van der Waals surface area contributed by atoms with Crippen LogP contribution < -0.4 is 5.32 Å². The minimum absolute atomic E-state index is 0.0360. The maximum Gasteiger partial charge on any atom is 0.318 e. The summed E-state index contributed by atoms with van der Waals surface area (Å²) in [7, 11) is 0. The molecule has 2 amide bonds. The molecule has 4 rings (SSSR count). The molecule has 1 N–H and O–H groups in total. The van der Waals surface area contributed by atoms with Crippen LogP contribution in [0.25, 0.3) is 5.57 Å². The predicted molar refractivity (Wildman–Crippen MR) is 92.0 cm³/mol. The van der Waals surface area contributed by atoms with Gasteiger partial charge in [0.05, 0.1) is 23.8 Å². The van der Waals surface area contributed by atoms with Crippen molar-refractivity contribution in [3.63, 3.8) is 0 Å². The molecule has 5 heteroatoms. The number of fused-ring (bicyclic) bond motifs is 2. The van der Waals surface area contributed by atoms with E-state index < -0.39 is 0 Å². The molecule has 23 heavy (non-hydrogen) atoms. The van der Waals surface area contributed by atoms with Crippen molar-refractivity contribution in [1.82, 2.24) is 15.2 Å². The zero-order valence-corrected chi connectivity index (χ0v) is 13.6. The van der Waals surface area contributed by atoms with Gasteiger partial charge in [-0.1, -0.05) is 36.4 Å². The second kappa shape index (κ2) is 6.16. The first-order valence-corrected chi connectivity index (χ1v) is 8.95. The van der Waals surface area contributed by atoms with Crippen LogP contribution in [0.2, 0.25) is 0 Å². The summed E-state index contributed by atoms with van der Waals surface area (Å²) in [6.07, 6.45) is 5.37. The highest BCUT2D eigenvalue weighted by molar-refractivity contribution is 7.07. The number of nitrogens with zero attached hydrogens (tertiary/aromatic N) is 2. The number of rotatable bonds is 3. The van der Waals surface area contributed by atoms with E-state index in [-0.39, 0.29) is 12.1 Å². The van der Waals surface area contributed by atoms with Crippen molar-refractivity contribution >= 4 is 22.9 Å². The molecule has 3 heterocycles. The standard InChI is InChI=1S/C18H19N3OS/c22-18(19-10-15-11-23-12-20-15)21-16-6-7-17(21)9-14(8-16)13-4-2-1-3-5-13/h1-5,8,11-12,16-17H,6-7,9-10H2,(H,19,22). The number of hydrogen-bond acceptors (Lipinski definition) is 3. The maximum absolute atomic E-state index is 12.6. The molecule has 1 fully saturated rings. The number of benzene rings is 1. The predicted octanol–water partition coefficient (Wildman–Crippen LogP) is 3.67. The molecule has 2 atom stereocenters. The fraction of sp³-hybridized carbons (Fsp3) is 0.333. The molecule has 2 bridgehead atoms. The lowest BCUT2D eigenvalue weighted by Gasteiger charge is -2.34. The first-order valence-electron chi connectivity index (χ1n) is 8.00. The fourth-order valence-corrected chi connectivity index (χ4v) is 4.15. The van der Waals surface area contributed by atoms with Crippen LogP contribution in [0.1, 0.15) is 30.5 Å². The van der Waals surface area contributed by atoms with Crippen molar-refractivity contribution in [1.29, 1.82) is 0 Å². The van der Waals surface area contributed by atoms with Gasteiger partial charge in [0.25, 0.3) is 0 Å². The molecule has 1 aromatic heterocycles. The number of thiazole rings is 1. The van der Waals surface area contributed by atoms with Crippen LogP contribution in [0.5, 0.6) is 0 Å². The molecule has 1 saturated heterocycles. The second-order valence-electron chi connectivity index (χ2n) is 6.11. The lowest BCUT2D eigenvalue weighted by Crippen LogP contribution is -2.48. The average molecular weight is 325 g/mol. The lowest BCUT2D eigenvalue weighted by atomic mass is 9.95. The topological polar surface area (TPSA) is 45.2 Å². The highest BCUT2D eigenvalue weighted by atomic mass is 32.1. The molecule has 2 aromatic rings. The smallest absolute Gasteiger partial charge is 0.318 e. The Morgan fingerprint density at radius 1 is 1.30 bits per heavy atom. The summed E-state index contributed by atoms with van der Waals surface area (Å²) in [5, 5.41) is 4.98. The molecule has 4 nitrogen and oxygen atoms in total. The minimum Gasteiger partial charge on any atom is -0.332 e. The summed E-state index contributed by atoms with van der Waals surface area (Å²) < 4.78 is 0. The van der Waals surface area contributed by atoms with Gasteiger partial charge in [-0.3, -0.25) is 0 Å². The third kappa shape index (κ3) is 2.88. The summed E-state index contributed by atoms with van der Waals surface area (Å²) in [4.78, 5) is 18.8. The van der Waals surface area contributed by atoms with Crippen LogP contribution in [0, 0.1) is 0 Å². The van der Waals surface area contributed by atoms with Crippen molar-refractivity contribution in [2.24, 2.45) is 0 Å². The van der Waals surface area contributed by atoms with E-state index in [4.69, 9.17) is 0 Å². The van der Waals surface area contributed by atoms with E-state index >= 15 is 0 Å². The number of aromatic nitrogens is 1. The number of nitrogens with one attached hydrogen (secondary N) is 1. The molecule has 1 aromatic carbocycles. The normalized spacial score (nSPS) is 22.8.